The second-order valence-electron chi connectivity index (χ2n) is 5.83. The summed E-state index contributed by atoms with van der Waals surface area (Å²) >= 11 is 0. The molecule has 5 heteroatoms. The van der Waals surface area contributed by atoms with Crippen molar-refractivity contribution in [1.29, 1.82) is 0 Å². The van der Waals surface area contributed by atoms with Gasteiger partial charge in [-0.15, -0.1) is 0 Å². The van der Waals surface area contributed by atoms with Crippen LogP contribution in [0.3, 0.4) is 0 Å². The average Bonchev–Trinajstić information content (AvgIpc) is 2.91. The van der Waals surface area contributed by atoms with E-state index >= 15 is 0 Å². The highest BCUT2D eigenvalue weighted by Crippen LogP contribution is 2.22. The molecule has 1 aliphatic heterocycles. The molecule has 0 radical (unpaired) electrons. The summed E-state index contributed by atoms with van der Waals surface area (Å²) in [7, 11) is 0. The Hall–Kier alpha value is -1.88. The number of carboxylic acids is 1. The van der Waals surface area contributed by atoms with Crippen LogP contribution >= 0.6 is 0 Å². The van der Waals surface area contributed by atoms with Crippen LogP contribution in [0, 0.1) is 0 Å². The van der Waals surface area contributed by atoms with Gasteiger partial charge in [0, 0.05) is 12.8 Å². The first kappa shape index (κ1) is 16.5. The Morgan fingerprint density at radius 3 is 2.64 bits per heavy atom. The first-order valence-electron chi connectivity index (χ1n) is 7.76. The molecule has 1 aromatic carbocycles. The normalized spacial score (nSPS) is 22.2. The van der Waals surface area contributed by atoms with Gasteiger partial charge in [0.25, 0.3) is 0 Å². The van der Waals surface area contributed by atoms with E-state index in [4.69, 9.17) is 4.74 Å². The zero-order valence-corrected chi connectivity index (χ0v) is 12.8. The van der Waals surface area contributed by atoms with Crippen LogP contribution in [0.25, 0.3) is 0 Å². The summed E-state index contributed by atoms with van der Waals surface area (Å²) in [6, 6.07) is 8.41. The van der Waals surface area contributed by atoms with E-state index in [1.54, 1.807) is 0 Å². The first-order valence-corrected chi connectivity index (χ1v) is 7.76. The fourth-order valence-electron chi connectivity index (χ4n) is 2.71. The maximum atomic E-state index is 12.0. The molecule has 5 nitrogen and oxygen atoms in total. The maximum absolute atomic E-state index is 12.0. The van der Waals surface area contributed by atoms with Crippen LogP contribution in [0.2, 0.25) is 0 Å². The van der Waals surface area contributed by atoms with Gasteiger partial charge in [-0.3, -0.25) is 4.79 Å². The van der Waals surface area contributed by atoms with Crippen molar-refractivity contribution >= 4 is 11.9 Å². The van der Waals surface area contributed by atoms with Crippen LogP contribution in [0.5, 0.6) is 0 Å². The highest BCUT2D eigenvalue weighted by molar-refractivity contribution is 5.83. The molecule has 3 atom stereocenters. The Morgan fingerprint density at radius 1 is 1.32 bits per heavy atom. The van der Waals surface area contributed by atoms with Crippen LogP contribution in [0.1, 0.15) is 38.2 Å². The zero-order valence-electron chi connectivity index (χ0n) is 12.8. The van der Waals surface area contributed by atoms with E-state index in [9.17, 15) is 14.7 Å². The van der Waals surface area contributed by atoms with Gasteiger partial charge in [-0.2, -0.15) is 0 Å². The summed E-state index contributed by atoms with van der Waals surface area (Å²) in [4.78, 5) is 23.3. The van der Waals surface area contributed by atoms with E-state index in [-0.39, 0.29) is 18.1 Å². The lowest BCUT2D eigenvalue weighted by Crippen LogP contribution is -2.42. The highest BCUT2D eigenvalue weighted by atomic mass is 16.5. The van der Waals surface area contributed by atoms with Crippen molar-refractivity contribution in [3.05, 3.63) is 35.9 Å². The number of rotatable bonds is 7. The number of ether oxygens (including phenoxy) is 1. The largest absolute Gasteiger partial charge is 0.480 e. The third-order valence-corrected chi connectivity index (χ3v) is 3.93. The van der Waals surface area contributed by atoms with Crippen molar-refractivity contribution in [2.45, 2.75) is 57.3 Å². The van der Waals surface area contributed by atoms with Gasteiger partial charge in [-0.05, 0) is 31.7 Å². The van der Waals surface area contributed by atoms with E-state index < -0.39 is 12.0 Å². The molecule has 0 saturated carbocycles. The lowest BCUT2D eigenvalue weighted by molar-refractivity contribution is -0.141. The molecule has 1 fully saturated rings. The van der Waals surface area contributed by atoms with Gasteiger partial charge >= 0.3 is 5.97 Å². The van der Waals surface area contributed by atoms with Gasteiger partial charge < -0.3 is 15.2 Å². The van der Waals surface area contributed by atoms with Crippen molar-refractivity contribution < 1.29 is 19.4 Å². The number of carbonyl (C=O) groups excluding carboxylic acids is 1. The second kappa shape index (κ2) is 7.94. The predicted molar refractivity (Wildman–Crippen MR) is 82.5 cm³/mol. The molecule has 1 amide bonds. The van der Waals surface area contributed by atoms with Crippen LogP contribution in [-0.2, 0) is 20.7 Å². The molecule has 0 aromatic heterocycles. The number of hydrogen-bond donors (Lipinski definition) is 2. The van der Waals surface area contributed by atoms with Gasteiger partial charge in [-0.25, -0.2) is 4.79 Å². The van der Waals surface area contributed by atoms with Crippen molar-refractivity contribution in [1.82, 2.24) is 5.32 Å². The van der Waals surface area contributed by atoms with Crippen molar-refractivity contribution in [2.75, 3.05) is 0 Å². The lowest BCUT2D eigenvalue weighted by Gasteiger charge is -2.16. The molecule has 2 rings (SSSR count). The monoisotopic (exact) mass is 305 g/mol. The lowest BCUT2D eigenvalue weighted by atomic mass is 10.1. The van der Waals surface area contributed by atoms with Gasteiger partial charge in [0.1, 0.15) is 6.04 Å². The minimum atomic E-state index is -1.01. The standard InChI is InChI=1S/C17H23NO4/c1-12-7-8-14(22-12)9-10-16(19)18-15(17(20)21)11-13-5-3-2-4-6-13/h2-6,12,14-15H,7-11H2,1H3,(H,18,19)(H,20,21)/t12?,14?,15-/m1/s1. The molecule has 120 valence electrons. The quantitative estimate of drug-likeness (QED) is 0.809. The Morgan fingerprint density at radius 2 is 2.05 bits per heavy atom. The molecule has 1 aliphatic rings. The van der Waals surface area contributed by atoms with Crippen LogP contribution in [0.4, 0.5) is 0 Å². The minimum absolute atomic E-state index is 0.123. The fourth-order valence-corrected chi connectivity index (χ4v) is 2.71. The third-order valence-electron chi connectivity index (χ3n) is 3.93. The fraction of sp³-hybridized carbons (Fsp3) is 0.529. The van der Waals surface area contributed by atoms with Crippen molar-refractivity contribution in [3.8, 4) is 0 Å². The minimum Gasteiger partial charge on any atom is -0.480 e. The summed E-state index contributed by atoms with van der Waals surface area (Å²) in [5.74, 6) is -1.24. The average molecular weight is 305 g/mol. The number of hydrogen-bond acceptors (Lipinski definition) is 3. The molecule has 2 unspecified atom stereocenters. The van der Waals surface area contributed by atoms with E-state index in [1.807, 2.05) is 37.3 Å². The molecule has 2 N–H and O–H groups in total. The number of nitrogens with one attached hydrogen (secondary N) is 1. The summed E-state index contributed by atoms with van der Waals surface area (Å²) in [6.07, 6.45) is 3.62. The molecule has 0 spiro atoms. The highest BCUT2D eigenvalue weighted by Gasteiger charge is 2.24. The van der Waals surface area contributed by atoms with Crippen LogP contribution < -0.4 is 5.32 Å². The maximum Gasteiger partial charge on any atom is 0.326 e. The Labute approximate surface area is 130 Å². The van der Waals surface area contributed by atoms with E-state index in [1.165, 1.54) is 0 Å². The van der Waals surface area contributed by atoms with Gasteiger partial charge in [0.2, 0.25) is 5.91 Å². The predicted octanol–water partition coefficient (Wildman–Crippen LogP) is 2.15. The Bertz CT molecular complexity index is 503. The van der Waals surface area contributed by atoms with Gasteiger partial charge in [-0.1, -0.05) is 30.3 Å². The van der Waals surface area contributed by atoms with Crippen molar-refractivity contribution in [3.63, 3.8) is 0 Å². The SMILES string of the molecule is CC1CCC(CCC(=O)N[C@H](Cc2ccccc2)C(=O)O)O1. The van der Waals surface area contributed by atoms with E-state index in [0.29, 0.717) is 19.3 Å². The molecule has 22 heavy (non-hydrogen) atoms. The smallest absolute Gasteiger partial charge is 0.326 e. The number of aliphatic carboxylic acids is 1. The Kier molecular flexibility index (Phi) is 5.95. The third kappa shape index (κ3) is 5.15. The van der Waals surface area contributed by atoms with Gasteiger partial charge in [0.15, 0.2) is 0 Å². The summed E-state index contributed by atoms with van der Waals surface area (Å²) in [5, 5.41) is 11.9. The van der Waals surface area contributed by atoms with Crippen molar-refractivity contribution in [2.24, 2.45) is 0 Å². The number of amides is 1. The summed E-state index contributed by atoms with van der Waals surface area (Å²) in [5.41, 5.74) is 0.892. The number of carboxylic acid groups (broad SMARTS) is 1. The Balaban J connectivity index is 1.80. The van der Waals surface area contributed by atoms with Crippen LogP contribution in [-0.4, -0.2) is 35.2 Å². The molecule has 0 aliphatic carbocycles. The molecule has 1 saturated heterocycles. The molecule has 0 bridgehead atoms. The topological polar surface area (TPSA) is 75.6 Å². The first-order chi connectivity index (χ1) is 10.5. The zero-order chi connectivity index (χ0) is 15.9. The number of carbonyl (C=O) groups is 2. The molecule has 1 heterocycles. The molecular formula is C17H23NO4. The summed E-state index contributed by atoms with van der Waals surface area (Å²) < 4.78 is 5.66. The van der Waals surface area contributed by atoms with Gasteiger partial charge in [0.05, 0.1) is 12.2 Å². The summed E-state index contributed by atoms with van der Waals surface area (Å²) in [6.45, 7) is 2.03. The van der Waals surface area contributed by atoms with E-state index in [2.05, 4.69) is 5.32 Å². The van der Waals surface area contributed by atoms with E-state index in [0.717, 1.165) is 18.4 Å². The second-order valence-corrected chi connectivity index (χ2v) is 5.83. The number of benzene rings is 1. The van der Waals surface area contributed by atoms with Crippen LogP contribution in [0.15, 0.2) is 30.3 Å². The molecule has 1 aromatic rings. The molecular weight excluding hydrogens is 282 g/mol.